The number of hydrogen-bond donors (Lipinski definition) is 1. The fourth-order valence-electron chi connectivity index (χ4n) is 2.66. The topological polar surface area (TPSA) is 47.6 Å². The molecule has 0 saturated heterocycles. The maximum atomic E-state index is 13.0. The predicted octanol–water partition coefficient (Wildman–Crippen LogP) is 4.52. The van der Waals surface area contributed by atoms with E-state index in [1.165, 1.54) is 29.8 Å². The smallest absolute Gasteiger partial charge is 0.261 e. The maximum absolute atomic E-state index is 13.0. The lowest BCUT2D eigenvalue weighted by molar-refractivity contribution is -0.128. The molecule has 0 aliphatic heterocycles. The van der Waals surface area contributed by atoms with E-state index in [1.54, 1.807) is 0 Å². The lowest BCUT2D eigenvalue weighted by atomic mass is 10.1. The molecule has 27 heavy (non-hydrogen) atoms. The number of aryl methyl sites for hydroxylation is 1. The average Bonchev–Trinajstić information content (AvgIpc) is 2.64. The van der Waals surface area contributed by atoms with Crippen LogP contribution in [0.5, 0.6) is 11.5 Å². The number of amides is 1. The molecule has 0 unspecified atom stereocenters. The molecule has 1 atom stereocenters. The third-order valence-corrected chi connectivity index (χ3v) is 3.97. The summed E-state index contributed by atoms with van der Waals surface area (Å²) in [6.45, 7) is 6.45. The molecule has 0 saturated carbocycles. The molecule has 0 spiro atoms. The van der Waals surface area contributed by atoms with Gasteiger partial charge in [0.15, 0.2) is 6.10 Å². The minimum Gasteiger partial charge on any atom is -0.491 e. The molecule has 0 bridgehead atoms. The minimum atomic E-state index is -0.585. The van der Waals surface area contributed by atoms with Gasteiger partial charge in [0.1, 0.15) is 17.3 Å². The van der Waals surface area contributed by atoms with Gasteiger partial charge in [-0.2, -0.15) is 0 Å². The van der Waals surface area contributed by atoms with Crippen molar-refractivity contribution >= 4 is 5.91 Å². The minimum absolute atomic E-state index is 0.145. The Kier molecular flexibility index (Phi) is 8.11. The van der Waals surface area contributed by atoms with E-state index in [1.807, 2.05) is 39.0 Å². The van der Waals surface area contributed by atoms with Gasteiger partial charge in [0, 0.05) is 6.54 Å². The van der Waals surface area contributed by atoms with Crippen LogP contribution in [0.1, 0.15) is 39.2 Å². The second-order valence-electron chi connectivity index (χ2n) is 6.68. The van der Waals surface area contributed by atoms with Gasteiger partial charge in [-0.05, 0) is 75.1 Å². The molecule has 5 heteroatoms. The highest BCUT2D eigenvalue weighted by Gasteiger charge is 2.17. The van der Waals surface area contributed by atoms with Crippen molar-refractivity contribution < 1.29 is 18.7 Å². The van der Waals surface area contributed by atoms with E-state index in [2.05, 4.69) is 11.4 Å². The highest BCUT2D eigenvalue weighted by atomic mass is 19.1. The largest absolute Gasteiger partial charge is 0.491 e. The SMILES string of the molecule is CC[C@H](Oc1ccc(F)cc1)C(=O)NCCCc1cccc(OC(C)C)c1. The molecule has 146 valence electrons. The van der Waals surface area contributed by atoms with E-state index in [0.29, 0.717) is 18.7 Å². The number of benzene rings is 2. The molecule has 0 aliphatic carbocycles. The quantitative estimate of drug-likeness (QED) is 0.623. The third-order valence-electron chi connectivity index (χ3n) is 3.97. The van der Waals surface area contributed by atoms with Crippen molar-refractivity contribution in [1.82, 2.24) is 5.32 Å². The first-order chi connectivity index (χ1) is 13.0. The molecule has 0 heterocycles. The molecule has 4 nitrogen and oxygen atoms in total. The van der Waals surface area contributed by atoms with Crippen LogP contribution in [0.4, 0.5) is 4.39 Å². The van der Waals surface area contributed by atoms with Crippen LogP contribution < -0.4 is 14.8 Å². The number of ether oxygens (including phenoxy) is 2. The van der Waals surface area contributed by atoms with E-state index in [0.717, 1.165) is 18.6 Å². The molecule has 1 N–H and O–H groups in total. The van der Waals surface area contributed by atoms with Gasteiger partial charge in [0.2, 0.25) is 0 Å². The van der Waals surface area contributed by atoms with Crippen LogP contribution >= 0.6 is 0 Å². The highest BCUT2D eigenvalue weighted by Crippen LogP contribution is 2.16. The first kappa shape index (κ1) is 20.7. The van der Waals surface area contributed by atoms with Crippen molar-refractivity contribution in [3.63, 3.8) is 0 Å². The van der Waals surface area contributed by atoms with Crippen molar-refractivity contribution in [3.05, 3.63) is 59.9 Å². The lowest BCUT2D eigenvalue weighted by Crippen LogP contribution is -2.38. The average molecular weight is 373 g/mol. The zero-order chi connectivity index (χ0) is 19.6. The number of hydrogen-bond acceptors (Lipinski definition) is 3. The monoisotopic (exact) mass is 373 g/mol. The van der Waals surface area contributed by atoms with Crippen molar-refractivity contribution in [3.8, 4) is 11.5 Å². The first-order valence-corrected chi connectivity index (χ1v) is 9.43. The summed E-state index contributed by atoms with van der Waals surface area (Å²) in [4.78, 5) is 12.3. The fourth-order valence-corrected chi connectivity index (χ4v) is 2.66. The Morgan fingerprint density at radius 3 is 2.48 bits per heavy atom. The zero-order valence-electron chi connectivity index (χ0n) is 16.2. The molecular weight excluding hydrogens is 345 g/mol. The molecule has 0 radical (unpaired) electrons. The Labute approximate surface area is 160 Å². The predicted molar refractivity (Wildman–Crippen MR) is 105 cm³/mol. The Hall–Kier alpha value is -2.56. The number of rotatable bonds is 10. The first-order valence-electron chi connectivity index (χ1n) is 9.43. The van der Waals surface area contributed by atoms with Crippen LogP contribution in [0.2, 0.25) is 0 Å². The van der Waals surface area contributed by atoms with E-state index < -0.39 is 6.10 Å². The Morgan fingerprint density at radius 1 is 1.07 bits per heavy atom. The van der Waals surface area contributed by atoms with Crippen LogP contribution in [-0.4, -0.2) is 24.7 Å². The summed E-state index contributed by atoms with van der Waals surface area (Å²) in [5.41, 5.74) is 1.18. The molecule has 0 fully saturated rings. The summed E-state index contributed by atoms with van der Waals surface area (Å²) in [5, 5.41) is 2.91. The normalized spacial score (nSPS) is 11.9. The second kappa shape index (κ2) is 10.6. The van der Waals surface area contributed by atoms with Crippen molar-refractivity contribution in [1.29, 1.82) is 0 Å². The van der Waals surface area contributed by atoms with Gasteiger partial charge < -0.3 is 14.8 Å². The van der Waals surface area contributed by atoms with Gasteiger partial charge in [-0.15, -0.1) is 0 Å². The third kappa shape index (κ3) is 7.29. The van der Waals surface area contributed by atoms with Crippen LogP contribution in [0.25, 0.3) is 0 Å². The highest BCUT2D eigenvalue weighted by molar-refractivity contribution is 5.81. The Morgan fingerprint density at radius 2 is 1.81 bits per heavy atom. The molecule has 1 amide bonds. The van der Waals surface area contributed by atoms with E-state index >= 15 is 0 Å². The maximum Gasteiger partial charge on any atom is 0.261 e. The Balaban J connectivity index is 1.76. The van der Waals surface area contributed by atoms with Gasteiger partial charge in [0.25, 0.3) is 5.91 Å². The zero-order valence-corrected chi connectivity index (χ0v) is 16.2. The van der Waals surface area contributed by atoms with Crippen LogP contribution in [-0.2, 0) is 11.2 Å². The summed E-state index contributed by atoms with van der Waals surface area (Å²) in [7, 11) is 0. The number of carbonyl (C=O) groups is 1. The lowest BCUT2D eigenvalue weighted by Gasteiger charge is -2.17. The van der Waals surface area contributed by atoms with Crippen LogP contribution in [0, 0.1) is 5.82 Å². The van der Waals surface area contributed by atoms with E-state index in [-0.39, 0.29) is 17.8 Å². The summed E-state index contributed by atoms with van der Waals surface area (Å²) in [6, 6.07) is 13.7. The summed E-state index contributed by atoms with van der Waals surface area (Å²) >= 11 is 0. The number of nitrogens with one attached hydrogen (secondary N) is 1. The second-order valence-corrected chi connectivity index (χ2v) is 6.68. The molecule has 2 aromatic carbocycles. The van der Waals surface area contributed by atoms with E-state index in [9.17, 15) is 9.18 Å². The summed E-state index contributed by atoms with van der Waals surface area (Å²) in [6.07, 6.45) is 1.78. The van der Waals surface area contributed by atoms with Crippen LogP contribution in [0.15, 0.2) is 48.5 Å². The molecule has 0 aliphatic rings. The molecule has 2 aromatic rings. The summed E-state index contributed by atoms with van der Waals surface area (Å²) in [5.74, 6) is 0.868. The summed E-state index contributed by atoms with van der Waals surface area (Å²) < 4.78 is 24.3. The number of carbonyl (C=O) groups excluding carboxylic acids is 1. The van der Waals surface area contributed by atoms with Gasteiger partial charge >= 0.3 is 0 Å². The standard InChI is InChI=1S/C22H28FNO3/c1-4-21(27-19-12-10-18(23)11-13-19)22(25)24-14-6-8-17-7-5-9-20(15-17)26-16(2)3/h5,7,9-13,15-16,21H,4,6,8,14H2,1-3H3,(H,24,25)/t21-/m0/s1. The Bertz CT molecular complexity index is 716. The van der Waals surface area contributed by atoms with Gasteiger partial charge in [-0.3, -0.25) is 4.79 Å². The van der Waals surface area contributed by atoms with Crippen LogP contribution in [0.3, 0.4) is 0 Å². The number of halogens is 1. The van der Waals surface area contributed by atoms with Crippen molar-refractivity contribution in [2.24, 2.45) is 0 Å². The van der Waals surface area contributed by atoms with Crippen molar-refractivity contribution in [2.45, 2.75) is 52.2 Å². The molecule has 0 aromatic heterocycles. The van der Waals surface area contributed by atoms with Crippen molar-refractivity contribution in [2.75, 3.05) is 6.54 Å². The molecule has 2 rings (SSSR count). The van der Waals surface area contributed by atoms with E-state index in [4.69, 9.17) is 9.47 Å². The van der Waals surface area contributed by atoms with Gasteiger partial charge in [-0.1, -0.05) is 19.1 Å². The fraction of sp³-hybridized carbons (Fsp3) is 0.409. The van der Waals surface area contributed by atoms with Gasteiger partial charge in [-0.25, -0.2) is 4.39 Å². The molecular formula is C22H28FNO3. The van der Waals surface area contributed by atoms with Gasteiger partial charge in [0.05, 0.1) is 6.10 Å².